The van der Waals surface area contributed by atoms with Gasteiger partial charge in [-0.2, -0.15) is 0 Å². The van der Waals surface area contributed by atoms with Crippen molar-refractivity contribution in [3.05, 3.63) is 32.2 Å². The molecule has 2 aromatic heterocycles. The predicted octanol–water partition coefficient (Wildman–Crippen LogP) is 2.70. The van der Waals surface area contributed by atoms with Crippen LogP contribution in [0.1, 0.15) is 39.2 Å². The Morgan fingerprint density at radius 2 is 2.05 bits per heavy atom. The lowest BCUT2D eigenvalue weighted by atomic mass is 10.3. The van der Waals surface area contributed by atoms with Gasteiger partial charge in [0, 0.05) is 23.0 Å². The molecule has 0 aliphatic rings. The van der Waals surface area contributed by atoms with Gasteiger partial charge >= 0.3 is 0 Å². The van der Waals surface area contributed by atoms with Crippen molar-refractivity contribution in [2.75, 3.05) is 0 Å². The van der Waals surface area contributed by atoms with Crippen LogP contribution in [0.3, 0.4) is 0 Å². The molecule has 112 valence electrons. The minimum atomic E-state index is -0.189. The molecule has 3 N–H and O–H groups in total. The van der Waals surface area contributed by atoms with Crippen LogP contribution in [0.2, 0.25) is 0 Å². The van der Waals surface area contributed by atoms with Gasteiger partial charge in [0.05, 0.1) is 6.04 Å². The maximum absolute atomic E-state index is 11.9. The maximum atomic E-state index is 11.9. The highest BCUT2D eigenvalue weighted by atomic mass is 35.5. The standard InChI is InChI=1S/C11H14N4OS2.2ClH/c1-6-4-18-11(13-6)7(2)14-10(16)8-5-17-9(3-12)15-8;;/h4-5,7H,3,12H2,1-2H3,(H,14,16);2*1H. The molecule has 20 heavy (non-hydrogen) atoms. The van der Waals surface area contributed by atoms with E-state index in [0.29, 0.717) is 12.2 Å². The number of carbonyl (C=O) groups is 1. The zero-order valence-electron chi connectivity index (χ0n) is 11.0. The number of rotatable bonds is 4. The molecule has 2 aromatic rings. The Kier molecular flexibility index (Phi) is 8.22. The SMILES string of the molecule is Cc1csc(C(C)NC(=O)c2csc(CN)n2)n1.Cl.Cl. The fourth-order valence-electron chi connectivity index (χ4n) is 1.41. The topological polar surface area (TPSA) is 80.9 Å². The molecule has 0 aliphatic heterocycles. The summed E-state index contributed by atoms with van der Waals surface area (Å²) >= 11 is 2.94. The highest BCUT2D eigenvalue weighted by Crippen LogP contribution is 2.18. The van der Waals surface area contributed by atoms with Gasteiger partial charge in [-0.15, -0.1) is 47.5 Å². The number of nitrogens with two attached hydrogens (primary N) is 1. The van der Waals surface area contributed by atoms with Crippen molar-refractivity contribution in [1.29, 1.82) is 0 Å². The summed E-state index contributed by atoms with van der Waals surface area (Å²) in [6, 6.07) is -0.112. The van der Waals surface area contributed by atoms with Crippen LogP contribution in [0.4, 0.5) is 0 Å². The first kappa shape index (κ1) is 19.3. The molecule has 0 radical (unpaired) electrons. The van der Waals surface area contributed by atoms with Crippen molar-refractivity contribution < 1.29 is 4.79 Å². The quantitative estimate of drug-likeness (QED) is 0.884. The number of hydrogen-bond acceptors (Lipinski definition) is 6. The Morgan fingerprint density at radius 3 is 2.55 bits per heavy atom. The Balaban J connectivity index is 0.00000180. The molecule has 9 heteroatoms. The van der Waals surface area contributed by atoms with Gasteiger partial charge in [-0.3, -0.25) is 4.79 Å². The normalized spacial score (nSPS) is 11.2. The molecule has 0 saturated heterocycles. The summed E-state index contributed by atoms with van der Waals surface area (Å²) in [7, 11) is 0. The lowest BCUT2D eigenvalue weighted by molar-refractivity contribution is 0.0935. The zero-order chi connectivity index (χ0) is 13.1. The van der Waals surface area contributed by atoms with Crippen LogP contribution in [0, 0.1) is 6.92 Å². The van der Waals surface area contributed by atoms with E-state index < -0.39 is 0 Å². The highest BCUT2D eigenvalue weighted by molar-refractivity contribution is 7.10. The molecule has 1 unspecified atom stereocenters. The van der Waals surface area contributed by atoms with E-state index in [0.717, 1.165) is 15.7 Å². The van der Waals surface area contributed by atoms with Crippen LogP contribution in [0.5, 0.6) is 0 Å². The van der Waals surface area contributed by atoms with E-state index in [4.69, 9.17) is 5.73 Å². The number of aryl methyl sites for hydroxylation is 1. The Morgan fingerprint density at radius 1 is 1.35 bits per heavy atom. The second-order valence-corrected chi connectivity index (χ2v) is 5.69. The summed E-state index contributed by atoms with van der Waals surface area (Å²) in [5.41, 5.74) is 6.85. The maximum Gasteiger partial charge on any atom is 0.271 e. The number of thiazole rings is 2. The molecule has 0 spiro atoms. The zero-order valence-corrected chi connectivity index (χ0v) is 14.2. The summed E-state index contributed by atoms with van der Waals surface area (Å²) in [5, 5.41) is 8.22. The number of amides is 1. The van der Waals surface area contributed by atoms with Crippen molar-refractivity contribution in [1.82, 2.24) is 15.3 Å². The number of carbonyl (C=O) groups excluding carboxylic acids is 1. The first-order valence-electron chi connectivity index (χ1n) is 5.47. The average Bonchev–Trinajstić information content (AvgIpc) is 2.97. The van der Waals surface area contributed by atoms with Crippen LogP contribution < -0.4 is 11.1 Å². The number of halogens is 2. The van der Waals surface area contributed by atoms with Crippen LogP contribution in [0.15, 0.2) is 10.8 Å². The van der Waals surface area contributed by atoms with Gasteiger partial charge in [-0.05, 0) is 13.8 Å². The molecule has 1 amide bonds. The number of nitrogens with zero attached hydrogens (tertiary/aromatic N) is 2. The first-order valence-corrected chi connectivity index (χ1v) is 7.23. The van der Waals surface area contributed by atoms with Crippen molar-refractivity contribution >= 4 is 53.4 Å². The fraction of sp³-hybridized carbons (Fsp3) is 0.364. The largest absolute Gasteiger partial charge is 0.342 e. The molecule has 0 saturated carbocycles. The smallest absolute Gasteiger partial charge is 0.271 e. The van der Waals surface area contributed by atoms with Gasteiger partial charge in [0.1, 0.15) is 15.7 Å². The molecule has 2 heterocycles. The molecular weight excluding hydrogens is 339 g/mol. The van der Waals surface area contributed by atoms with E-state index in [1.807, 2.05) is 19.2 Å². The molecule has 0 aromatic carbocycles. The van der Waals surface area contributed by atoms with Crippen LogP contribution in [0.25, 0.3) is 0 Å². The highest BCUT2D eigenvalue weighted by Gasteiger charge is 2.16. The van der Waals surface area contributed by atoms with Gasteiger partial charge in [0.15, 0.2) is 0 Å². The van der Waals surface area contributed by atoms with Crippen molar-refractivity contribution in [2.24, 2.45) is 5.73 Å². The number of nitrogens with one attached hydrogen (secondary N) is 1. The third kappa shape index (κ3) is 4.68. The fourth-order valence-corrected chi connectivity index (χ4v) is 2.87. The molecule has 0 aliphatic carbocycles. The molecule has 1 atom stereocenters. The summed E-state index contributed by atoms with van der Waals surface area (Å²) in [5.74, 6) is -0.189. The predicted molar refractivity (Wildman–Crippen MR) is 87.2 cm³/mol. The van der Waals surface area contributed by atoms with E-state index in [9.17, 15) is 4.79 Å². The molecule has 5 nitrogen and oxygen atoms in total. The second-order valence-electron chi connectivity index (χ2n) is 3.85. The molecule has 0 bridgehead atoms. The van der Waals surface area contributed by atoms with E-state index in [-0.39, 0.29) is 36.8 Å². The third-order valence-electron chi connectivity index (χ3n) is 2.31. The van der Waals surface area contributed by atoms with Crippen LogP contribution >= 0.6 is 47.5 Å². The lowest BCUT2D eigenvalue weighted by Gasteiger charge is -2.09. The molecule has 2 rings (SSSR count). The van der Waals surface area contributed by atoms with E-state index in [2.05, 4.69) is 15.3 Å². The average molecular weight is 355 g/mol. The Hall–Kier alpha value is -0.730. The van der Waals surface area contributed by atoms with Gasteiger partial charge in [0.2, 0.25) is 0 Å². The summed E-state index contributed by atoms with van der Waals surface area (Å²) < 4.78 is 0. The number of aromatic nitrogens is 2. The first-order chi connectivity index (χ1) is 8.60. The minimum Gasteiger partial charge on any atom is -0.342 e. The molecule has 0 fully saturated rings. The van der Waals surface area contributed by atoms with Gasteiger partial charge in [0.25, 0.3) is 5.91 Å². The number of hydrogen-bond donors (Lipinski definition) is 2. The third-order valence-corrected chi connectivity index (χ3v) is 4.33. The van der Waals surface area contributed by atoms with Crippen molar-refractivity contribution in [2.45, 2.75) is 26.4 Å². The van der Waals surface area contributed by atoms with Gasteiger partial charge in [-0.25, -0.2) is 9.97 Å². The van der Waals surface area contributed by atoms with Gasteiger partial charge in [-0.1, -0.05) is 0 Å². The summed E-state index contributed by atoms with van der Waals surface area (Å²) in [6.07, 6.45) is 0. The summed E-state index contributed by atoms with van der Waals surface area (Å²) in [6.45, 7) is 4.20. The Bertz CT molecular complexity index is 558. The Labute approximate surface area is 137 Å². The summed E-state index contributed by atoms with van der Waals surface area (Å²) in [4.78, 5) is 20.4. The lowest BCUT2D eigenvalue weighted by Crippen LogP contribution is -2.26. The van der Waals surface area contributed by atoms with Crippen molar-refractivity contribution in [3.63, 3.8) is 0 Å². The van der Waals surface area contributed by atoms with Crippen molar-refractivity contribution in [3.8, 4) is 0 Å². The molecular formula is C11H16Cl2N4OS2. The monoisotopic (exact) mass is 354 g/mol. The minimum absolute atomic E-state index is 0. The van der Waals surface area contributed by atoms with Crippen LogP contribution in [-0.4, -0.2) is 15.9 Å². The van der Waals surface area contributed by atoms with E-state index in [1.54, 1.807) is 16.7 Å². The van der Waals surface area contributed by atoms with Gasteiger partial charge < -0.3 is 11.1 Å². The van der Waals surface area contributed by atoms with Crippen LogP contribution in [-0.2, 0) is 6.54 Å². The van der Waals surface area contributed by atoms with E-state index in [1.165, 1.54) is 11.3 Å². The second kappa shape index (κ2) is 8.53. The van der Waals surface area contributed by atoms with E-state index >= 15 is 0 Å².